The molecule has 6 heteroatoms. The summed E-state index contributed by atoms with van der Waals surface area (Å²) in [6.45, 7) is 6.67. The van der Waals surface area contributed by atoms with Gasteiger partial charge in [0, 0.05) is 25.1 Å². The van der Waals surface area contributed by atoms with Crippen LogP contribution < -0.4 is 10.2 Å². The average molecular weight is 279 g/mol. The van der Waals surface area contributed by atoms with Crippen LogP contribution in [0.15, 0.2) is 18.2 Å². The van der Waals surface area contributed by atoms with Crippen LogP contribution >= 0.6 is 0 Å². The lowest BCUT2D eigenvalue weighted by Crippen LogP contribution is -2.45. The average Bonchev–Trinajstić information content (AvgIpc) is 2.37. The van der Waals surface area contributed by atoms with Gasteiger partial charge in [-0.3, -0.25) is 4.90 Å². The lowest BCUT2D eigenvalue weighted by atomic mass is 9.78. The van der Waals surface area contributed by atoms with Crippen molar-refractivity contribution < 1.29 is 19.5 Å². The van der Waals surface area contributed by atoms with Crippen molar-refractivity contribution in [2.24, 2.45) is 0 Å². The summed E-state index contributed by atoms with van der Waals surface area (Å²) >= 11 is 0. The van der Waals surface area contributed by atoms with E-state index in [0.717, 1.165) is 25.2 Å². The van der Waals surface area contributed by atoms with Crippen LogP contribution in [0.25, 0.3) is 0 Å². The molecule has 0 aliphatic carbocycles. The standard InChI is InChI=1S/C14H22BNO4/c1-10-7-16(8-11(2)20-10)9-12-4-5-14(19-3)13(6-12)15(17)18/h4-6,10-11,17-18H,7-9H2,1-3H3. The minimum absolute atomic E-state index is 0.222. The number of hydrogen-bond donors (Lipinski definition) is 2. The molecular weight excluding hydrogens is 257 g/mol. The zero-order chi connectivity index (χ0) is 14.7. The molecule has 1 saturated heterocycles. The second-order valence-corrected chi connectivity index (χ2v) is 5.40. The molecule has 2 unspecified atom stereocenters. The van der Waals surface area contributed by atoms with Gasteiger partial charge in [0.25, 0.3) is 0 Å². The second-order valence-electron chi connectivity index (χ2n) is 5.40. The summed E-state index contributed by atoms with van der Waals surface area (Å²) in [4.78, 5) is 2.31. The van der Waals surface area contributed by atoms with E-state index in [1.807, 2.05) is 6.07 Å². The maximum absolute atomic E-state index is 9.39. The van der Waals surface area contributed by atoms with Gasteiger partial charge < -0.3 is 19.5 Å². The van der Waals surface area contributed by atoms with Crippen LogP contribution in [0.5, 0.6) is 5.75 Å². The molecule has 5 nitrogen and oxygen atoms in total. The van der Waals surface area contributed by atoms with E-state index in [1.165, 1.54) is 7.11 Å². The molecule has 0 bridgehead atoms. The Morgan fingerprint density at radius 3 is 2.50 bits per heavy atom. The molecule has 0 saturated carbocycles. The maximum atomic E-state index is 9.39. The lowest BCUT2D eigenvalue weighted by Gasteiger charge is -2.35. The SMILES string of the molecule is COc1ccc(CN2CC(C)OC(C)C2)cc1B(O)O. The monoisotopic (exact) mass is 279 g/mol. The normalized spacial score (nSPS) is 23.6. The van der Waals surface area contributed by atoms with Crippen molar-refractivity contribution >= 4 is 12.6 Å². The van der Waals surface area contributed by atoms with Gasteiger partial charge in [0.1, 0.15) is 5.75 Å². The van der Waals surface area contributed by atoms with Crippen LogP contribution in [0, 0.1) is 0 Å². The molecule has 2 N–H and O–H groups in total. The van der Waals surface area contributed by atoms with Gasteiger partial charge in [-0.25, -0.2) is 0 Å². The Balaban J connectivity index is 2.11. The van der Waals surface area contributed by atoms with Gasteiger partial charge in [0.05, 0.1) is 19.3 Å². The van der Waals surface area contributed by atoms with Crippen molar-refractivity contribution in [3.63, 3.8) is 0 Å². The predicted octanol–water partition coefficient (Wildman–Crippen LogP) is -0.0158. The number of morpholine rings is 1. The maximum Gasteiger partial charge on any atom is 0.492 e. The third-order valence-corrected chi connectivity index (χ3v) is 3.47. The molecule has 20 heavy (non-hydrogen) atoms. The van der Waals surface area contributed by atoms with Crippen molar-refractivity contribution in [3.05, 3.63) is 23.8 Å². The zero-order valence-electron chi connectivity index (χ0n) is 12.2. The fourth-order valence-corrected chi connectivity index (χ4v) is 2.76. The van der Waals surface area contributed by atoms with Crippen LogP contribution in [0.4, 0.5) is 0 Å². The first kappa shape index (κ1) is 15.3. The van der Waals surface area contributed by atoms with Gasteiger partial charge in [-0.2, -0.15) is 0 Å². The van der Waals surface area contributed by atoms with Gasteiger partial charge in [-0.1, -0.05) is 12.1 Å². The van der Waals surface area contributed by atoms with Crippen molar-refractivity contribution in [3.8, 4) is 5.75 Å². The summed E-state index contributed by atoms with van der Waals surface area (Å²) in [6, 6.07) is 5.52. The topological polar surface area (TPSA) is 62.2 Å². The molecule has 1 aliphatic rings. The largest absolute Gasteiger partial charge is 0.497 e. The summed E-state index contributed by atoms with van der Waals surface area (Å²) < 4.78 is 10.8. The quantitative estimate of drug-likeness (QED) is 0.759. The first-order chi connectivity index (χ1) is 9.49. The van der Waals surface area contributed by atoms with Crippen LogP contribution in [-0.4, -0.2) is 54.5 Å². The highest BCUT2D eigenvalue weighted by molar-refractivity contribution is 6.59. The highest BCUT2D eigenvalue weighted by Gasteiger charge is 2.23. The summed E-state index contributed by atoms with van der Waals surface area (Å²) in [5.41, 5.74) is 1.44. The Morgan fingerprint density at radius 1 is 1.30 bits per heavy atom. The number of rotatable bonds is 4. The van der Waals surface area contributed by atoms with Crippen LogP contribution in [0.2, 0.25) is 0 Å². The van der Waals surface area contributed by atoms with Gasteiger partial charge >= 0.3 is 7.12 Å². The Labute approximate surface area is 120 Å². The van der Waals surface area contributed by atoms with E-state index < -0.39 is 7.12 Å². The van der Waals surface area contributed by atoms with E-state index in [1.54, 1.807) is 12.1 Å². The summed E-state index contributed by atoms with van der Waals surface area (Å²) in [5, 5.41) is 18.8. The Hall–Kier alpha value is -1.08. The molecular formula is C14H22BNO4. The molecule has 1 aromatic carbocycles. The number of ether oxygens (including phenoxy) is 2. The van der Waals surface area contributed by atoms with E-state index in [4.69, 9.17) is 9.47 Å². The van der Waals surface area contributed by atoms with Gasteiger partial charge in [0.15, 0.2) is 0 Å². The van der Waals surface area contributed by atoms with E-state index in [-0.39, 0.29) is 12.2 Å². The molecule has 2 atom stereocenters. The summed E-state index contributed by atoms with van der Waals surface area (Å²) in [5.74, 6) is 0.493. The highest BCUT2D eigenvalue weighted by Crippen LogP contribution is 2.16. The van der Waals surface area contributed by atoms with Gasteiger partial charge in [-0.15, -0.1) is 0 Å². The molecule has 0 aromatic heterocycles. The number of hydrogen-bond acceptors (Lipinski definition) is 5. The van der Waals surface area contributed by atoms with Crippen molar-refractivity contribution in [1.82, 2.24) is 4.90 Å². The van der Waals surface area contributed by atoms with E-state index in [9.17, 15) is 10.0 Å². The Bertz CT molecular complexity index is 445. The van der Waals surface area contributed by atoms with Crippen LogP contribution in [-0.2, 0) is 11.3 Å². The first-order valence-corrected chi connectivity index (χ1v) is 6.90. The third kappa shape index (κ3) is 3.73. The Kier molecular flexibility index (Phi) is 5.04. The molecule has 1 fully saturated rings. The van der Waals surface area contributed by atoms with Gasteiger partial charge in [0.2, 0.25) is 0 Å². The highest BCUT2D eigenvalue weighted by atomic mass is 16.5. The molecule has 1 heterocycles. The number of methoxy groups -OCH3 is 1. The first-order valence-electron chi connectivity index (χ1n) is 6.90. The molecule has 1 aromatic rings. The van der Waals surface area contributed by atoms with E-state index in [0.29, 0.717) is 11.2 Å². The van der Waals surface area contributed by atoms with Crippen LogP contribution in [0.3, 0.4) is 0 Å². The van der Waals surface area contributed by atoms with Gasteiger partial charge in [-0.05, 0) is 25.5 Å². The number of nitrogens with zero attached hydrogens (tertiary/aromatic N) is 1. The third-order valence-electron chi connectivity index (χ3n) is 3.47. The fraction of sp³-hybridized carbons (Fsp3) is 0.571. The second kappa shape index (κ2) is 6.58. The molecule has 110 valence electrons. The molecule has 0 spiro atoms. The van der Waals surface area contributed by atoms with E-state index >= 15 is 0 Å². The number of benzene rings is 1. The van der Waals surface area contributed by atoms with E-state index in [2.05, 4.69) is 18.7 Å². The summed E-state index contributed by atoms with van der Waals surface area (Å²) in [6.07, 6.45) is 0.444. The van der Waals surface area contributed by atoms with Crippen molar-refractivity contribution in [2.75, 3.05) is 20.2 Å². The molecule has 0 radical (unpaired) electrons. The molecule has 1 aliphatic heterocycles. The smallest absolute Gasteiger partial charge is 0.492 e. The minimum Gasteiger partial charge on any atom is -0.497 e. The summed E-state index contributed by atoms with van der Waals surface area (Å²) in [7, 11) is -0.000832. The lowest BCUT2D eigenvalue weighted by molar-refractivity contribution is -0.0704. The zero-order valence-corrected chi connectivity index (χ0v) is 12.2. The molecule has 0 amide bonds. The Morgan fingerprint density at radius 2 is 1.95 bits per heavy atom. The predicted molar refractivity (Wildman–Crippen MR) is 78.1 cm³/mol. The van der Waals surface area contributed by atoms with Crippen molar-refractivity contribution in [1.29, 1.82) is 0 Å². The van der Waals surface area contributed by atoms with Crippen LogP contribution in [0.1, 0.15) is 19.4 Å². The van der Waals surface area contributed by atoms with Crippen molar-refractivity contribution in [2.45, 2.75) is 32.6 Å². The fourth-order valence-electron chi connectivity index (χ4n) is 2.76. The molecule has 2 rings (SSSR count). The minimum atomic E-state index is -1.52.